The van der Waals surface area contributed by atoms with Gasteiger partial charge in [0.25, 0.3) is 0 Å². The molecule has 0 radical (unpaired) electrons. The zero-order chi connectivity index (χ0) is 19.0. The zero-order valence-corrected chi connectivity index (χ0v) is 15.8. The molecular weight excluding hydrogens is 344 g/mol. The number of anilines is 3. The first-order valence-corrected chi connectivity index (χ1v) is 9.26. The molecule has 0 spiro atoms. The van der Waals surface area contributed by atoms with Crippen molar-refractivity contribution in [3.05, 3.63) is 35.7 Å². The topological polar surface area (TPSA) is 85.4 Å². The van der Waals surface area contributed by atoms with Crippen LogP contribution in [0.5, 0.6) is 5.75 Å². The van der Waals surface area contributed by atoms with Crippen LogP contribution in [0.25, 0.3) is 0 Å². The van der Waals surface area contributed by atoms with Crippen molar-refractivity contribution in [3.8, 4) is 5.75 Å². The highest BCUT2D eigenvalue weighted by molar-refractivity contribution is 5.88. The van der Waals surface area contributed by atoms with E-state index in [-0.39, 0.29) is 11.3 Å². The van der Waals surface area contributed by atoms with Gasteiger partial charge in [0.1, 0.15) is 11.6 Å². The fourth-order valence-electron chi connectivity index (χ4n) is 3.81. The summed E-state index contributed by atoms with van der Waals surface area (Å²) >= 11 is 0. The Labute approximate surface area is 158 Å². The molecule has 142 valence electrons. The quantitative estimate of drug-likeness (QED) is 0.814. The minimum atomic E-state index is -0.173. The number of carbonyl (C=O) groups is 1. The number of ether oxygens (including phenoxy) is 2. The van der Waals surface area contributed by atoms with E-state index < -0.39 is 0 Å². The average molecular weight is 368 g/mol. The van der Waals surface area contributed by atoms with E-state index in [0.717, 1.165) is 36.5 Å². The molecule has 1 aliphatic carbocycles. The molecule has 7 nitrogen and oxygen atoms in total. The highest BCUT2D eigenvalue weighted by Gasteiger charge is 2.54. The van der Waals surface area contributed by atoms with Gasteiger partial charge in [-0.05, 0) is 44.4 Å². The predicted molar refractivity (Wildman–Crippen MR) is 103 cm³/mol. The molecule has 2 aromatic rings. The summed E-state index contributed by atoms with van der Waals surface area (Å²) in [5.41, 5.74) is 3.00. The lowest BCUT2D eigenvalue weighted by molar-refractivity contribution is -0.114. The number of aryl methyl sites for hydroxylation is 1. The minimum absolute atomic E-state index is 0.0649. The maximum atomic E-state index is 11.3. The smallest absolute Gasteiger partial charge is 0.222 e. The molecule has 27 heavy (non-hydrogen) atoms. The van der Waals surface area contributed by atoms with E-state index in [0.29, 0.717) is 30.0 Å². The van der Waals surface area contributed by atoms with Crippen molar-refractivity contribution in [2.75, 3.05) is 23.8 Å². The fourth-order valence-corrected chi connectivity index (χ4v) is 3.81. The van der Waals surface area contributed by atoms with Crippen LogP contribution in [0.15, 0.2) is 24.4 Å². The molecule has 1 saturated carbocycles. The molecule has 5 rings (SSSR count). The second kappa shape index (κ2) is 6.81. The Morgan fingerprint density at radius 2 is 2.15 bits per heavy atom. The maximum absolute atomic E-state index is 11.3. The van der Waals surface area contributed by atoms with Crippen LogP contribution in [-0.2, 0) is 14.9 Å². The van der Waals surface area contributed by atoms with Crippen LogP contribution in [0.1, 0.15) is 37.9 Å². The van der Waals surface area contributed by atoms with Crippen LogP contribution in [0.2, 0.25) is 0 Å². The Morgan fingerprint density at radius 3 is 2.81 bits per heavy atom. The summed E-state index contributed by atoms with van der Waals surface area (Å²) in [6, 6.07) is 5.90. The van der Waals surface area contributed by atoms with E-state index in [9.17, 15) is 4.79 Å². The molecule has 0 atom stereocenters. The van der Waals surface area contributed by atoms with Gasteiger partial charge in [-0.1, -0.05) is 0 Å². The second-order valence-corrected chi connectivity index (χ2v) is 7.34. The van der Waals surface area contributed by atoms with Gasteiger partial charge in [-0.25, -0.2) is 9.97 Å². The Hall–Kier alpha value is -2.67. The summed E-state index contributed by atoms with van der Waals surface area (Å²) < 4.78 is 11.4. The van der Waals surface area contributed by atoms with E-state index in [1.165, 1.54) is 6.92 Å². The fraction of sp³-hybridized carbons (Fsp3) is 0.450. The number of fused-ring (bicyclic) bond motifs is 1. The largest absolute Gasteiger partial charge is 0.490 e. The third-order valence-corrected chi connectivity index (χ3v) is 5.08. The van der Waals surface area contributed by atoms with Crippen molar-refractivity contribution < 1.29 is 14.3 Å². The number of rotatable bonds is 6. The number of amides is 1. The van der Waals surface area contributed by atoms with Crippen molar-refractivity contribution in [1.82, 2.24) is 9.97 Å². The molecule has 2 aromatic heterocycles. The van der Waals surface area contributed by atoms with Gasteiger partial charge in [0.15, 0.2) is 5.75 Å². The first-order valence-electron chi connectivity index (χ1n) is 9.26. The highest BCUT2D eigenvalue weighted by atomic mass is 16.5. The number of carbonyl (C=O) groups excluding carboxylic acids is 1. The van der Waals surface area contributed by atoms with Crippen LogP contribution in [0.3, 0.4) is 0 Å². The van der Waals surface area contributed by atoms with Gasteiger partial charge in [-0.3, -0.25) is 4.79 Å². The molecule has 3 aliphatic rings. The summed E-state index contributed by atoms with van der Waals surface area (Å²) in [4.78, 5) is 20.4. The van der Waals surface area contributed by atoms with Crippen molar-refractivity contribution in [1.29, 1.82) is 0 Å². The molecule has 4 heterocycles. The van der Waals surface area contributed by atoms with Gasteiger partial charge in [0.2, 0.25) is 5.91 Å². The van der Waals surface area contributed by atoms with Gasteiger partial charge in [-0.2, -0.15) is 0 Å². The Bertz CT molecular complexity index is 872. The monoisotopic (exact) mass is 368 g/mol. The molecule has 3 fully saturated rings. The van der Waals surface area contributed by atoms with E-state index in [1.54, 1.807) is 12.3 Å². The second-order valence-electron chi connectivity index (χ2n) is 7.34. The predicted octanol–water partition coefficient (Wildman–Crippen LogP) is 3.32. The normalized spacial score (nSPS) is 22.9. The lowest BCUT2D eigenvalue weighted by Crippen LogP contribution is -2.38. The number of nitrogens with one attached hydrogen (secondary N) is 2. The standard InChI is InChI=1S/C20H24N4O3/c1-4-26-16-10-21-18(22-13(3)25)7-15(16)23-19-6-12(2)5-17(24-19)20-8-14(9-20)27-11-20/h5-7,10,14H,4,8-9,11H2,1-3H3,(H2,21,22,23,24,25). The molecule has 2 N–H and O–H groups in total. The van der Waals surface area contributed by atoms with E-state index in [1.807, 2.05) is 13.0 Å². The van der Waals surface area contributed by atoms with Crippen molar-refractivity contribution >= 4 is 23.2 Å². The van der Waals surface area contributed by atoms with E-state index in [4.69, 9.17) is 14.5 Å². The zero-order valence-electron chi connectivity index (χ0n) is 15.8. The number of pyridine rings is 2. The number of hydrogen-bond donors (Lipinski definition) is 2. The van der Waals surface area contributed by atoms with Crippen molar-refractivity contribution in [3.63, 3.8) is 0 Å². The average Bonchev–Trinajstić information content (AvgIpc) is 3.18. The maximum Gasteiger partial charge on any atom is 0.222 e. The summed E-state index contributed by atoms with van der Waals surface area (Å²) in [7, 11) is 0. The SMILES string of the molecule is CCOc1cnc(NC(C)=O)cc1Nc1cc(C)cc(C23COC(C2)C3)n1. The van der Waals surface area contributed by atoms with Crippen LogP contribution in [0, 0.1) is 6.92 Å². The molecule has 1 amide bonds. The molecule has 7 heteroatoms. The van der Waals surface area contributed by atoms with Crippen LogP contribution < -0.4 is 15.4 Å². The van der Waals surface area contributed by atoms with Crippen LogP contribution >= 0.6 is 0 Å². The molecule has 2 bridgehead atoms. The Kier molecular flexibility index (Phi) is 4.47. The third kappa shape index (κ3) is 3.47. The Morgan fingerprint density at radius 1 is 1.33 bits per heavy atom. The lowest BCUT2D eigenvalue weighted by atomic mass is 9.68. The molecule has 2 aliphatic heterocycles. The van der Waals surface area contributed by atoms with Crippen molar-refractivity contribution in [2.45, 2.75) is 45.1 Å². The molecule has 0 aromatic carbocycles. The first kappa shape index (κ1) is 17.7. The first-order chi connectivity index (χ1) is 13.0. The van der Waals surface area contributed by atoms with E-state index >= 15 is 0 Å². The molecule has 0 unspecified atom stereocenters. The minimum Gasteiger partial charge on any atom is -0.490 e. The van der Waals surface area contributed by atoms with Gasteiger partial charge >= 0.3 is 0 Å². The molecule has 2 saturated heterocycles. The summed E-state index contributed by atoms with van der Waals surface area (Å²) in [5.74, 6) is 1.65. The summed E-state index contributed by atoms with van der Waals surface area (Å²) in [5, 5.41) is 6.04. The van der Waals surface area contributed by atoms with Gasteiger partial charge < -0.3 is 20.1 Å². The summed E-state index contributed by atoms with van der Waals surface area (Å²) in [6.07, 6.45) is 4.10. The number of hydrogen-bond acceptors (Lipinski definition) is 6. The number of nitrogens with zero attached hydrogens (tertiary/aromatic N) is 2. The van der Waals surface area contributed by atoms with E-state index in [2.05, 4.69) is 28.6 Å². The van der Waals surface area contributed by atoms with Crippen LogP contribution in [-0.4, -0.2) is 35.2 Å². The van der Waals surface area contributed by atoms with Crippen LogP contribution in [0.4, 0.5) is 17.3 Å². The number of aromatic nitrogens is 2. The molecular formula is C20H24N4O3. The highest BCUT2D eigenvalue weighted by Crippen LogP contribution is 2.51. The van der Waals surface area contributed by atoms with Gasteiger partial charge in [0, 0.05) is 18.4 Å². The Balaban J connectivity index is 1.64. The van der Waals surface area contributed by atoms with Gasteiger partial charge in [0.05, 0.1) is 36.9 Å². The lowest BCUT2D eigenvalue weighted by Gasteiger charge is -2.35. The van der Waals surface area contributed by atoms with Crippen molar-refractivity contribution in [2.24, 2.45) is 0 Å². The van der Waals surface area contributed by atoms with Gasteiger partial charge in [-0.15, -0.1) is 0 Å². The summed E-state index contributed by atoms with van der Waals surface area (Å²) in [6.45, 7) is 6.71. The third-order valence-electron chi connectivity index (χ3n) is 5.08.